The number of halogens is 1. The molecule has 1 N–H and O–H groups in total. The van der Waals surface area contributed by atoms with E-state index in [4.69, 9.17) is 0 Å². The largest absolute Gasteiger partial charge is 0.382 e. The van der Waals surface area contributed by atoms with Gasteiger partial charge in [-0.15, -0.1) is 0 Å². The highest BCUT2D eigenvalue weighted by Crippen LogP contribution is 2.44. The number of hydrogen-bond acceptors (Lipinski definition) is 3. The van der Waals surface area contributed by atoms with Crippen molar-refractivity contribution in [3.63, 3.8) is 0 Å². The van der Waals surface area contributed by atoms with Crippen molar-refractivity contribution in [1.29, 1.82) is 0 Å². The summed E-state index contributed by atoms with van der Waals surface area (Å²) in [4.78, 5) is 0.261. The van der Waals surface area contributed by atoms with Crippen molar-refractivity contribution in [2.75, 3.05) is 11.9 Å². The van der Waals surface area contributed by atoms with Crippen molar-refractivity contribution in [3.8, 4) is 0 Å². The molecule has 18 heavy (non-hydrogen) atoms. The molecule has 1 fully saturated rings. The normalized spacial score (nSPS) is 24.3. The predicted octanol–water partition coefficient (Wildman–Crippen LogP) is 2.73. The Hall–Kier alpha value is -1.10. The van der Waals surface area contributed by atoms with Crippen LogP contribution >= 0.6 is 0 Å². The number of benzene rings is 1. The van der Waals surface area contributed by atoms with Crippen LogP contribution in [0.2, 0.25) is 0 Å². The third kappa shape index (κ3) is 1.56. The summed E-state index contributed by atoms with van der Waals surface area (Å²) < 4.78 is 37.9. The molecule has 3 nitrogen and oxygen atoms in total. The Morgan fingerprint density at radius 3 is 2.61 bits per heavy atom. The van der Waals surface area contributed by atoms with Gasteiger partial charge in [0.15, 0.2) is 9.84 Å². The SMILES string of the molecule is O=S1(=O)c2ccc(F)cc2NCC12CCCCC2. The van der Waals surface area contributed by atoms with Crippen molar-refractivity contribution in [2.24, 2.45) is 0 Å². The number of sulfone groups is 1. The van der Waals surface area contributed by atoms with Crippen LogP contribution in [0.1, 0.15) is 32.1 Å². The zero-order chi connectivity index (χ0) is 12.8. The first-order valence-electron chi connectivity index (χ1n) is 6.33. The summed E-state index contributed by atoms with van der Waals surface area (Å²) in [6, 6.07) is 3.88. The quantitative estimate of drug-likeness (QED) is 0.737. The Kier molecular flexibility index (Phi) is 2.62. The average molecular weight is 269 g/mol. The molecule has 98 valence electrons. The second-order valence-electron chi connectivity index (χ2n) is 5.24. The lowest BCUT2D eigenvalue weighted by Crippen LogP contribution is -2.49. The van der Waals surface area contributed by atoms with Gasteiger partial charge in [0.05, 0.1) is 15.3 Å². The van der Waals surface area contributed by atoms with E-state index in [1.165, 1.54) is 18.2 Å². The number of anilines is 1. The molecule has 1 aliphatic heterocycles. The molecule has 1 aliphatic carbocycles. The molecule has 1 heterocycles. The Bertz CT molecular complexity index is 577. The highest BCUT2D eigenvalue weighted by atomic mass is 32.2. The summed E-state index contributed by atoms with van der Waals surface area (Å²) in [6.45, 7) is 0.409. The maximum absolute atomic E-state index is 13.1. The van der Waals surface area contributed by atoms with Crippen molar-refractivity contribution in [3.05, 3.63) is 24.0 Å². The first-order valence-corrected chi connectivity index (χ1v) is 7.82. The second kappa shape index (κ2) is 3.95. The fourth-order valence-electron chi connectivity index (χ4n) is 3.10. The summed E-state index contributed by atoms with van der Waals surface area (Å²) in [6.07, 6.45) is 4.43. The highest BCUT2D eigenvalue weighted by Gasteiger charge is 2.48. The molecule has 1 spiro atoms. The molecule has 0 saturated heterocycles. The van der Waals surface area contributed by atoms with Gasteiger partial charge in [0.25, 0.3) is 0 Å². The average Bonchev–Trinajstić information content (AvgIpc) is 2.36. The van der Waals surface area contributed by atoms with Crippen LogP contribution in [0, 0.1) is 5.82 Å². The molecule has 0 atom stereocenters. The minimum Gasteiger partial charge on any atom is -0.382 e. The van der Waals surface area contributed by atoms with Crippen molar-refractivity contribution < 1.29 is 12.8 Å². The molecule has 5 heteroatoms. The van der Waals surface area contributed by atoms with Gasteiger partial charge in [0.2, 0.25) is 0 Å². The van der Waals surface area contributed by atoms with Crippen molar-refractivity contribution in [1.82, 2.24) is 0 Å². The molecule has 1 aromatic rings. The van der Waals surface area contributed by atoms with E-state index in [2.05, 4.69) is 5.32 Å². The molecule has 0 unspecified atom stereocenters. The van der Waals surface area contributed by atoms with Crippen LogP contribution in [-0.2, 0) is 9.84 Å². The van der Waals surface area contributed by atoms with Gasteiger partial charge in [-0.05, 0) is 31.0 Å². The predicted molar refractivity (Wildman–Crippen MR) is 67.9 cm³/mol. The van der Waals surface area contributed by atoms with Crippen LogP contribution in [0.5, 0.6) is 0 Å². The standard InChI is InChI=1S/C13H16FNO2S/c14-10-4-5-12-11(8-10)15-9-13(18(12,16)17)6-2-1-3-7-13/h4-5,8,15H,1-3,6-7,9H2. The van der Waals surface area contributed by atoms with E-state index < -0.39 is 20.4 Å². The van der Waals surface area contributed by atoms with Crippen LogP contribution < -0.4 is 5.32 Å². The van der Waals surface area contributed by atoms with Crippen LogP contribution in [0.15, 0.2) is 23.1 Å². The number of nitrogens with one attached hydrogen (secondary N) is 1. The van der Waals surface area contributed by atoms with Gasteiger partial charge in [-0.25, -0.2) is 12.8 Å². The molecule has 0 bridgehead atoms. The Morgan fingerprint density at radius 1 is 1.17 bits per heavy atom. The lowest BCUT2D eigenvalue weighted by atomic mass is 9.88. The first-order chi connectivity index (χ1) is 8.55. The molecule has 3 rings (SSSR count). The van der Waals surface area contributed by atoms with Crippen LogP contribution in [-0.4, -0.2) is 19.7 Å². The lowest BCUT2D eigenvalue weighted by Gasteiger charge is -2.40. The maximum atomic E-state index is 13.1. The fourth-order valence-corrected chi connectivity index (χ4v) is 5.32. The van der Waals surface area contributed by atoms with E-state index in [-0.39, 0.29) is 4.90 Å². The van der Waals surface area contributed by atoms with E-state index >= 15 is 0 Å². The van der Waals surface area contributed by atoms with Gasteiger partial charge in [0, 0.05) is 6.54 Å². The molecule has 0 aromatic heterocycles. The van der Waals surface area contributed by atoms with Crippen molar-refractivity contribution in [2.45, 2.75) is 41.7 Å². The maximum Gasteiger partial charge on any atom is 0.187 e. The zero-order valence-electron chi connectivity index (χ0n) is 10.1. The van der Waals surface area contributed by atoms with E-state index in [1.807, 2.05) is 0 Å². The van der Waals surface area contributed by atoms with Crippen LogP contribution in [0.25, 0.3) is 0 Å². The Balaban J connectivity index is 2.13. The Morgan fingerprint density at radius 2 is 1.89 bits per heavy atom. The van der Waals surface area contributed by atoms with E-state index in [0.29, 0.717) is 25.1 Å². The van der Waals surface area contributed by atoms with E-state index in [9.17, 15) is 12.8 Å². The number of fused-ring (bicyclic) bond motifs is 1. The summed E-state index contributed by atoms with van der Waals surface area (Å²) >= 11 is 0. The van der Waals surface area contributed by atoms with E-state index in [0.717, 1.165) is 19.3 Å². The molecule has 0 amide bonds. The summed E-state index contributed by atoms with van der Waals surface area (Å²) in [5, 5.41) is 3.10. The van der Waals surface area contributed by atoms with Gasteiger partial charge < -0.3 is 5.32 Å². The summed E-state index contributed by atoms with van der Waals surface area (Å²) in [5.41, 5.74) is 0.409. The summed E-state index contributed by atoms with van der Waals surface area (Å²) in [7, 11) is -3.35. The smallest absolute Gasteiger partial charge is 0.187 e. The molecule has 1 saturated carbocycles. The van der Waals surface area contributed by atoms with Crippen molar-refractivity contribution >= 4 is 15.5 Å². The van der Waals surface area contributed by atoms with E-state index in [1.54, 1.807) is 0 Å². The second-order valence-corrected chi connectivity index (χ2v) is 7.55. The van der Waals surface area contributed by atoms with Gasteiger partial charge in [0.1, 0.15) is 5.82 Å². The number of hydrogen-bond donors (Lipinski definition) is 1. The zero-order valence-corrected chi connectivity index (χ0v) is 10.9. The Labute approximate surface area is 106 Å². The molecular formula is C13H16FNO2S. The minimum absolute atomic E-state index is 0.261. The third-order valence-corrected chi connectivity index (χ3v) is 6.79. The van der Waals surface area contributed by atoms with Crippen LogP contribution in [0.3, 0.4) is 0 Å². The fraction of sp³-hybridized carbons (Fsp3) is 0.538. The first kappa shape index (κ1) is 12.0. The monoisotopic (exact) mass is 269 g/mol. The van der Waals surface area contributed by atoms with Gasteiger partial charge >= 0.3 is 0 Å². The van der Waals surface area contributed by atoms with Gasteiger partial charge in [-0.1, -0.05) is 19.3 Å². The molecule has 2 aliphatic rings. The minimum atomic E-state index is -3.35. The summed E-state index contributed by atoms with van der Waals surface area (Å²) in [5.74, 6) is -0.406. The molecule has 1 aromatic carbocycles. The van der Waals surface area contributed by atoms with Gasteiger partial charge in [-0.3, -0.25) is 0 Å². The van der Waals surface area contributed by atoms with Crippen LogP contribution in [0.4, 0.5) is 10.1 Å². The molecule has 0 radical (unpaired) electrons. The highest BCUT2D eigenvalue weighted by molar-refractivity contribution is 7.93. The third-order valence-electron chi connectivity index (χ3n) is 4.17. The van der Waals surface area contributed by atoms with Gasteiger partial charge in [-0.2, -0.15) is 0 Å². The topological polar surface area (TPSA) is 46.2 Å². The molecular weight excluding hydrogens is 253 g/mol. The number of rotatable bonds is 0. The lowest BCUT2D eigenvalue weighted by molar-refractivity contribution is 0.381.